The first-order valence-corrected chi connectivity index (χ1v) is 7.73. The van der Waals surface area contributed by atoms with Gasteiger partial charge in [-0.25, -0.2) is 8.78 Å². The summed E-state index contributed by atoms with van der Waals surface area (Å²) in [6.45, 7) is 8.56. The van der Waals surface area contributed by atoms with E-state index in [-0.39, 0.29) is 17.6 Å². The van der Waals surface area contributed by atoms with Crippen molar-refractivity contribution in [3.63, 3.8) is 0 Å². The number of amides is 1. The molecule has 22 heavy (non-hydrogen) atoms. The zero-order chi connectivity index (χ0) is 16.1. The van der Waals surface area contributed by atoms with Crippen molar-refractivity contribution in [2.75, 3.05) is 38.0 Å². The van der Waals surface area contributed by atoms with Crippen LogP contribution in [0.1, 0.15) is 20.3 Å². The second-order valence-electron chi connectivity index (χ2n) is 5.67. The molecule has 1 N–H and O–H groups in total. The van der Waals surface area contributed by atoms with Crippen molar-refractivity contribution < 1.29 is 13.6 Å². The van der Waals surface area contributed by atoms with Crippen LogP contribution in [0.3, 0.4) is 0 Å². The van der Waals surface area contributed by atoms with E-state index in [1.54, 1.807) is 0 Å². The van der Waals surface area contributed by atoms with Crippen LogP contribution in [0.5, 0.6) is 0 Å². The maximum Gasteiger partial charge on any atom is 0.241 e. The minimum atomic E-state index is -0.756. The van der Waals surface area contributed by atoms with Crippen molar-refractivity contribution in [3.05, 3.63) is 29.8 Å². The van der Waals surface area contributed by atoms with Gasteiger partial charge in [0.1, 0.15) is 11.6 Å². The molecule has 0 radical (unpaired) electrons. The fourth-order valence-electron chi connectivity index (χ4n) is 2.68. The van der Waals surface area contributed by atoms with Gasteiger partial charge in [0.15, 0.2) is 0 Å². The normalized spacial score (nSPS) is 18.2. The van der Waals surface area contributed by atoms with Crippen LogP contribution in [-0.4, -0.2) is 54.5 Å². The quantitative estimate of drug-likeness (QED) is 0.906. The van der Waals surface area contributed by atoms with Crippen LogP contribution in [0.2, 0.25) is 0 Å². The Morgan fingerprint density at radius 3 is 2.55 bits per heavy atom. The predicted octanol–water partition coefficient (Wildman–Crippen LogP) is 2.32. The van der Waals surface area contributed by atoms with E-state index >= 15 is 0 Å². The highest BCUT2D eigenvalue weighted by atomic mass is 19.1. The van der Waals surface area contributed by atoms with Crippen molar-refractivity contribution >= 4 is 11.6 Å². The Kier molecular flexibility index (Phi) is 5.85. The minimum absolute atomic E-state index is 0.0165. The van der Waals surface area contributed by atoms with Gasteiger partial charge in [-0.05, 0) is 32.0 Å². The number of rotatable bonds is 5. The molecule has 0 aliphatic carbocycles. The molecule has 1 atom stereocenters. The molecule has 1 aromatic carbocycles. The maximum absolute atomic E-state index is 13.6. The predicted molar refractivity (Wildman–Crippen MR) is 82.8 cm³/mol. The van der Waals surface area contributed by atoms with Crippen LogP contribution >= 0.6 is 0 Å². The molecule has 0 spiro atoms. The molecule has 1 heterocycles. The minimum Gasteiger partial charge on any atom is -0.322 e. The van der Waals surface area contributed by atoms with Gasteiger partial charge in [-0.3, -0.25) is 9.69 Å². The summed E-state index contributed by atoms with van der Waals surface area (Å²) in [6, 6.07) is 2.80. The summed E-state index contributed by atoms with van der Waals surface area (Å²) >= 11 is 0. The summed E-state index contributed by atoms with van der Waals surface area (Å²) in [5, 5.41) is 2.53. The van der Waals surface area contributed by atoms with E-state index in [1.807, 2.05) is 6.92 Å². The first kappa shape index (κ1) is 16.8. The molecule has 4 nitrogen and oxygen atoms in total. The van der Waals surface area contributed by atoms with E-state index in [0.717, 1.165) is 51.3 Å². The van der Waals surface area contributed by atoms with Crippen LogP contribution in [0, 0.1) is 11.6 Å². The monoisotopic (exact) mass is 311 g/mol. The zero-order valence-electron chi connectivity index (χ0n) is 13.1. The average molecular weight is 311 g/mol. The van der Waals surface area contributed by atoms with Gasteiger partial charge in [0.2, 0.25) is 5.91 Å². The SMILES string of the molecule is CCCN1CCN([C@H](C)C(=O)Nc2ccc(F)cc2F)CC1. The highest BCUT2D eigenvalue weighted by Crippen LogP contribution is 2.16. The summed E-state index contributed by atoms with van der Waals surface area (Å²) in [5.41, 5.74) is 0.0165. The molecule has 0 aromatic heterocycles. The van der Waals surface area contributed by atoms with Gasteiger partial charge >= 0.3 is 0 Å². The van der Waals surface area contributed by atoms with E-state index in [9.17, 15) is 13.6 Å². The molecule has 0 bridgehead atoms. The summed E-state index contributed by atoms with van der Waals surface area (Å²) in [4.78, 5) is 16.7. The Balaban J connectivity index is 1.90. The van der Waals surface area contributed by atoms with Gasteiger partial charge in [0.25, 0.3) is 0 Å². The molecular weight excluding hydrogens is 288 g/mol. The van der Waals surface area contributed by atoms with Gasteiger partial charge in [-0.15, -0.1) is 0 Å². The molecule has 2 rings (SSSR count). The second kappa shape index (κ2) is 7.65. The third kappa shape index (κ3) is 4.24. The maximum atomic E-state index is 13.6. The fraction of sp³-hybridized carbons (Fsp3) is 0.562. The Bertz CT molecular complexity index is 516. The molecule has 1 saturated heterocycles. The summed E-state index contributed by atoms with van der Waals surface area (Å²) in [6.07, 6.45) is 1.12. The third-order valence-corrected chi connectivity index (χ3v) is 4.06. The van der Waals surface area contributed by atoms with Crippen molar-refractivity contribution in [1.82, 2.24) is 9.80 Å². The molecule has 122 valence electrons. The fourth-order valence-corrected chi connectivity index (χ4v) is 2.68. The van der Waals surface area contributed by atoms with Crippen molar-refractivity contribution in [2.45, 2.75) is 26.3 Å². The highest BCUT2D eigenvalue weighted by molar-refractivity contribution is 5.94. The number of carbonyl (C=O) groups is 1. The number of carbonyl (C=O) groups excluding carboxylic acids is 1. The largest absolute Gasteiger partial charge is 0.322 e. The number of piperazine rings is 1. The van der Waals surface area contributed by atoms with E-state index in [0.29, 0.717) is 0 Å². The van der Waals surface area contributed by atoms with E-state index < -0.39 is 11.6 Å². The zero-order valence-corrected chi connectivity index (χ0v) is 13.1. The van der Waals surface area contributed by atoms with Gasteiger partial charge in [0.05, 0.1) is 11.7 Å². The van der Waals surface area contributed by atoms with Gasteiger partial charge in [0, 0.05) is 32.2 Å². The lowest BCUT2D eigenvalue weighted by Gasteiger charge is -2.37. The summed E-state index contributed by atoms with van der Waals surface area (Å²) < 4.78 is 26.4. The van der Waals surface area contributed by atoms with Crippen LogP contribution in [0.15, 0.2) is 18.2 Å². The average Bonchev–Trinajstić information content (AvgIpc) is 2.50. The Hall–Kier alpha value is -1.53. The van der Waals surface area contributed by atoms with Crippen molar-refractivity contribution in [1.29, 1.82) is 0 Å². The Labute approximate surface area is 130 Å². The lowest BCUT2D eigenvalue weighted by molar-refractivity contribution is -0.121. The Morgan fingerprint density at radius 2 is 1.95 bits per heavy atom. The van der Waals surface area contributed by atoms with Crippen LogP contribution in [0.4, 0.5) is 14.5 Å². The summed E-state index contributed by atoms with van der Waals surface area (Å²) in [5.74, 6) is -1.68. The number of hydrogen-bond donors (Lipinski definition) is 1. The number of nitrogens with zero attached hydrogens (tertiary/aromatic N) is 2. The second-order valence-corrected chi connectivity index (χ2v) is 5.67. The molecule has 0 unspecified atom stereocenters. The first-order valence-electron chi connectivity index (χ1n) is 7.73. The molecular formula is C16H23F2N3O. The molecule has 1 aliphatic heterocycles. The van der Waals surface area contributed by atoms with Crippen LogP contribution in [-0.2, 0) is 4.79 Å². The number of hydrogen-bond acceptors (Lipinski definition) is 3. The third-order valence-electron chi connectivity index (χ3n) is 4.06. The van der Waals surface area contributed by atoms with Crippen molar-refractivity contribution in [2.24, 2.45) is 0 Å². The van der Waals surface area contributed by atoms with Crippen LogP contribution in [0.25, 0.3) is 0 Å². The highest BCUT2D eigenvalue weighted by Gasteiger charge is 2.25. The van der Waals surface area contributed by atoms with Crippen molar-refractivity contribution in [3.8, 4) is 0 Å². The van der Waals surface area contributed by atoms with Gasteiger partial charge < -0.3 is 10.2 Å². The first-order chi connectivity index (χ1) is 10.5. The number of anilines is 1. The topological polar surface area (TPSA) is 35.6 Å². The standard InChI is InChI=1S/C16H23F2N3O/c1-3-6-20-7-9-21(10-8-20)12(2)16(22)19-15-5-4-13(17)11-14(15)18/h4-5,11-12H,3,6-10H2,1-2H3,(H,19,22)/t12-/m1/s1. The lowest BCUT2D eigenvalue weighted by atomic mass is 10.2. The van der Waals surface area contributed by atoms with Crippen LogP contribution < -0.4 is 5.32 Å². The van der Waals surface area contributed by atoms with E-state index in [4.69, 9.17) is 0 Å². The molecule has 0 saturated carbocycles. The van der Waals surface area contributed by atoms with E-state index in [1.165, 1.54) is 6.07 Å². The molecule has 1 fully saturated rings. The molecule has 1 aromatic rings. The molecule has 1 amide bonds. The molecule has 1 aliphatic rings. The number of halogens is 2. The van der Waals surface area contributed by atoms with E-state index in [2.05, 4.69) is 22.0 Å². The van der Waals surface area contributed by atoms with Gasteiger partial charge in [-0.2, -0.15) is 0 Å². The molecule has 6 heteroatoms. The summed E-state index contributed by atoms with van der Waals surface area (Å²) in [7, 11) is 0. The lowest BCUT2D eigenvalue weighted by Crippen LogP contribution is -2.52. The smallest absolute Gasteiger partial charge is 0.241 e. The number of nitrogens with one attached hydrogen (secondary N) is 1. The number of benzene rings is 1. The Morgan fingerprint density at radius 1 is 1.27 bits per heavy atom. The van der Waals surface area contributed by atoms with Gasteiger partial charge in [-0.1, -0.05) is 6.92 Å².